The number of carbonyl (C=O) groups is 1. The van der Waals surface area contributed by atoms with Gasteiger partial charge in [-0.3, -0.25) is 4.79 Å². The van der Waals surface area contributed by atoms with Crippen LogP contribution in [0.4, 0.5) is 11.8 Å². The molecule has 2 aromatic carbocycles. The number of benzene rings is 2. The number of hydrogen-bond donors (Lipinski definition) is 2. The number of amides is 1. The quantitative estimate of drug-likeness (QED) is 0.310. The van der Waals surface area contributed by atoms with E-state index in [1.165, 1.54) is 18.2 Å². The van der Waals surface area contributed by atoms with Crippen molar-refractivity contribution in [1.29, 1.82) is 0 Å². The molecule has 12 heteroatoms. The Labute approximate surface area is 236 Å². The highest BCUT2D eigenvalue weighted by molar-refractivity contribution is 5.95. The second kappa shape index (κ2) is 11.7. The zero-order valence-corrected chi connectivity index (χ0v) is 22.7. The highest BCUT2D eigenvalue weighted by Crippen LogP contribution is 2.35. The van der Waals surface area contributed by atoms with Crippen LogP contribution >= 0.6 is 0 Å². The Morgan fingerprint density at radius 3 is 2.54 bits per heavy atom. The summed E-state index contributed by atoms with van der Waals surface area (Å²) in [6, 6.07) is 9.85. The molecule has 0 saturated carbocycles. The van der Waals surface area contributed by atoms with E-state index in [1.54, 1.807) is 45.1 Å². The Morgan fingerprint density at radius 1 is 1.02 bits per heavy atom. The highest BCUT2D eigenvalue weighted by Gasteiger charge is 2.21. The lowest BCUT2D eigenvalue weighted by Crippen LogP contribution is -2.27. The van der Waals surface area contributed by atoms with E-state index in [0.29, 0.717) is 34.9 Å². The molecule has 0 spiro atoms. The number of hydrogen-bond acceptors (Lipinski definition) is 11. The van der Waals surface area contributed by atoms with E-state index >= 15 is 0 Å². The monoisotopic (exact) mass is 552 g/mol. The fourth-order valence-electron chi connectivity index (χ4n) is 4.51. The van der Waals surface area contributed by atoms with Gasteiger partial charge in [-0.25, -0.2) is 20.0 Å². The number of nitrogens with zero attached hydrogens (tertiary/aromatic N) is 6. The Hall–Kier alpha value is -5.52. The summed E-state index contributed by atoms with van der Waals surface area (Å²) in [5.74, 6) is 1.08. The molecule has 4 aromatic rings. The number of nitrogens with two attached hydrogens (primary N) is 2. The van der Waals surface area contributed by atoms with Crippen LogP contribution in [-0.2, 0) is 17.8 Å². The molecule has 0 bridgehead atoms. The van der Waals surface area contributed by atoms with Crippen molar-refractivity contribution >= 4 is 30.0 Å². The maximum Gasteiger partial charge on any atom is 0.316 e. The van der Waals surface area contributed by atoms with E-state index in [0.717, 1.165) is 27.8 Å². The van der Waals surface area contributed by atoms with Crippen molar-refractivity contribution in [2.24, 2.45) is 5.10 Å². The molecular weight excluding hydrogens is 524 g/mol. The summed E-state index contributed by atoms with van der Waals surface area (Å²) in [5, 5.41) is 5.77. The fraction of sp³-hybridized carbons (Fsp3) is 0.172. The Balaban J connectivity index is 1.40. The molecule has 1 aliphatic heterocycles. The highest BCUT2D eigenvalue weighted by atomic mass is 16.5. The molecule has 0 radical (unpaired) electrons. The molecule has 4 N–H and O–H groups in total. The minimum Gasteiger partial charge on any atom is -0.493 e. The van der Waals surface area contributed by atoms with E-state index in [2.05, 4.69) is 25.0 Å². The van der Waals surface area contributed by atoms with Gasteiger partial charge in [0.25, 0.3) is 5.91 Å². The Bertz CT molecular complexity index is 1650. The van der Waals surface area contributed by atoms with Gasteiger partial charge in [0.05, 0.1) is 34.1 Å². The molecule has 0 unspecified atom stereocenters. The first-order chi connectivity index (χ1) is 19.9. The maximum atomic E-state index is 13.3. The molecule has 0 aliphatic carbocycles. The standard InChI is InChI=1S/C29H28N8O4/c1-39-24-11-17(10-20-12-32-28(31)36-27(20)30)9-18(26(24)40-2)7-8-25(38)37-16-23-19(15-35-37)5-4-6-22(23)21-13-33-29(41-3)34-14-21/h4-9,11-15H,10,16H2,1-3H3,(H4,30,31,32,36)/b8-7+. The molecule has 0 atom stereocenters. The lowest BCUT2D eigenvalue weighted by Gasteiger charge is -2.23. The van der Waals surface area contributed by atoms with Crippen molar-refractivity contribution in [2.45, 2.75) is 13.0 Å². The summed E-state index contributed by atoms with van der Waals surface area (Å²) in [6.45, 7) is 0.272. The molecular formula is C29H28N8O4. The Kier molecular flexibility index (Phi) is 7.72. The lowest BCUT2D eigenvalue weighted by molar-refractivity contribution is -0.126. The van der Waals surface area contributed by atoms with Crippen LogP contribution in [0.1, 0.15) is 27.8 Å². The molecule has 1 amide bonds. The second-order valence-electron chi connectivity index (χ2n) is 9.04. The van der Waals surface area contributed by atoms with Gasteiger partial charge in [0.1, 0.15) is 5.82 Å². The van der Waals surface area contributed by atoms with Crippen LogP contribution in [0.25, 0.3) is 17.2 Å². The zero-order chi connectivity index (χ0) is 28.9. The average molecular weight is 553 g/mol. The third-order valence-electron chi connectivity index (χ3n) is 6.52. The van der Waals surface area contributed by atoms with Gasteiger partial charge in [-0.15, -0.1) is 0 Å². The minimum absolute atomic E-state index is 0.105. The van der Waals surface area contributed by atoms with Crippen LogP contribution in [0.15, 0.2) is 60.1 Å². The van der Waals surface area contributed by atoms with Crippen molar-refractivity contribution in [3.63, 3.8) is 0 Å². The van der Waals surface area contributed by atoms with E-state index in [1.807, 2.05) is 30.3 Å². The topological polar surface area (TPSA) is 164 Å². The first kappa shape index (κ1) is 27.1. The van der Waals surface area contributed by atoms with Crippen molar-refractivity contribution in [1.82, 2.24) is 24.9 Å². The van der Waals surface area contributed by atoms with Crippen LogP contribution in [0.3, 0.4) is 0 Å². The van der Waals surface area contributed by atoms with Gasteiger partial charge in [-0.05, 0) is 34.9 Å². The van der Waals surface area contributed by atoms with Crippen LogP contribution < -0.4 is 25.7 Å². The zero-order valence-electron chi connectivity index (χ0n) is 22.7. The second-order valence-corrected chi connectivity index (χ2v) is 9.04. The SMILES string of the molecule is COc1ncc(-c2cccc3c2CN(C(=O)/C=C/c2cc(Cc4cnc(N)nc4N)cc(OC)c2OC)N=C3)cn1. The van der Waals surface area contributed by atoms with Crippen LogP contribution in [0.5, 0.6) is 17.5 Å². The number of ether oxygens (including phenoxy) is 3. The predicted molar refractivity (Wildman–Crippen MR) is 154 cm³/mol. The van der Waals surface area contributed by atoms with Crippen molar-refractivity contribution in [3.05, 3.63) is 82.8 Å². The summed E-state index contributed by atoms with van der Waals surface area (Å²) in [6.07, 6.45) is 10.2. The molecule has 1 aliphatic rings. The lowest BCUT2D eigenvalue weighted by atomic mass is 9.96. The van der Waals surface area contributed by atoms with E-state index < -0.39 is 0 Å². The molecule has 2 aromatic heterocycles. The van der Waals surface area contributed by atoms with Gasteiger partial charge in [0, 0.05) is 53.3 Å². The predicted octanol–water partition coefficient (Wildman–Crippen LogP) is 3.10. The van der Waals surface area contributed by atoms with Gasteiger partial charge >= 0.3 is 6.01 Å². The minimum atomic E-state index is -0.310. The summed E-state index contributed by atoms with van der Waals surface area (Å²) in [7, 11) is 4.60. The Morgan fingerprint density at radius 2 is 1.83 bits per heavy atom. The first-order valence-corrected chi connectivity index (χ1v) is 12.5. The first-order valence-electron chi connectivity index (χ1n) is 12.5. The van der Waals surface area contributed by atoms with Crippen LogP contribution in [0, 0.1) is 0 Å². The molecule has 0 saturated heterocycles. The third kappa shape index (κ3) is 5.76. The number of anilines is 2. The number of nitrogen functional groups attached to an aromatic ring is 2. The molecule has 0 fully saturated rings. The maximum absolute atomic E-state index is 13.3. The number of hydrazone groups is 1. The molecule has 5 rings (SSSR count). The average Bonchev–Trinajstić information content (AvgIpc) is 3.00. The van der Waals surface area contributed by atoms with Gasteiger partial charge in [-0.2, -0.15) is 10.1 Å². The fourth-order valence-corrected chi connectivity index (χ4v) is 4.51. The van der Waals surface area contributed by atoms with E-state index in [4.69, 9.17) is 25.7 Å². The van der Waals surface area contributed by atoms with Gasteiger partial charge in [-0.1, -0.05) is 18.2 Å². The number of fused-ring (bicyclic) bond motifs is 1. The third-order valence-corrected chi connectivity index (χ3v) is 6.52. The van der Waals surface area contributed by atoms with Crippen molar-refractivity contribution < 1.29 is 19.0 Å². The number of methoxy groups -OCH3 is 3. The largest absolute Gasteiger partial charge is 0.493 e. The van der Waals surface area contributed by atoms with Crippen LogP contribution in [-0.4, -0.2) is 58.4 Å². The van der Waals surface area contributed by atoms with E-state index in [-0.39, 0.29) is 24.4 Å². The normalized spacial score (nSPS) is 12.3. The summed E-state index contributed by atoms with van der Waals surface area (Å²) < 4.78 is 16.2. The molecule has 12 nitrogen and oxygen atoms in total. The molecule has 3 heterocycles. The van der Waals surface area contributed by atoms with Crippen molar-refractivity contribution in [3.8, 4) is 28.6 Å². The summed E-state index contributed by atoms with van der Waals surface area (Å²) >= 11 is 0. The number of carbonyl (C=O) groups excluding carboxylic acids is 1. The molecule has 208 valence electrons. The van der Waals surface area contributed by atoms with Gasteiger partial charge in [0.15, 0.2) is 11.5 Å². The summed E-state index contributed by atoms with van der Waals surface area (Å²) in [5.41, 5.74) is 17.4. The number of rotatable bonds is 8. The summed E-state index contributed by atoms with van der Waals surface area (Å²) in [4.78, 5) is 29.8. The van der Waals surface area contributed by atoms with Crippen LogP contribution in [0.2, 0.25) is 0 Å². The van der Waals surface area contributed by atoms with Gasteiger partial charge < -0.3 is 25.7 Å². The smallest absolute Gasteiger partial charge is 0.316 e. The van der Waals surface area contributed by atoms with Crippen molar-refractivity contribution in [2.75, 3.05) is 32.8 Å². The van der Waals surface area contributed by atoms with E-state index in [9.17, 15) is 4.79 Å². The molecule has 41 heavy (non-hydrogen) atoms. The number of aromatic nitrogens is 4. The van der Waals surface area contributed by atoms with Gasteiger partial charge in [0.2, 0.25) is 5.95 Å².